The van der Waals surface area contributed by atoms with Gasteiger partial charge in [-0.2, -0.15) is 0 Å². The van der Waals surface area contributed by atoms with Crippen molar-refractivity contribution < 1.29 is 14.3 Å². The van der Waals surface area contributed by atoms with Gasteiger partial charge in [0, 0.05) is 24.0 Å². The average Bonchev–Trinajstić information content (AvgIpc) is 2.89. The lowest BCUT2D eigenvalue weighted by molar-refractivity contribution is -0.142. The number of ether oxygens (including phenoxy) is 1. The summed E-state index contributed by atoms with van der Waals surface area (Å²) in [6, 6.07) is 24.7. The van der Waals surface area contributed by atoms with Crippen molar-refractivity contribution in [3.63, 3.8) is 0 Å². The maximum Gasteiger partial charge on any atom is 0.261 e. The van der Waals surface area contributed by atoms with Gasteiger partial charge < -0.3 is 15.0 Å². The lowest BCUT2D eigenvalue weighted by atomic mass is 10.0. The lowest BCUT2D eigenvalue weighted by Crippen LogP contribution is -2.52. The van der Waals surface area contributed by atoms with E-state index >= 15 is 0 Å². The quantitative estimate of drug-likeness (QED) is 0.278. The van der Waals surface area contributed by atoms with Crippen molar-refractivity contribution in [3.8, 4) is 5.75 Å². The Morgan fingerprint density at radius 3 is 2.11 bits per heavy atom. The van der Waals surface area contributed by atoms with Crippen LogP contribution in [0.5, 0.6) is 5.75 Å². The van der Waals surface area contributed by atoms with Crippen LogP contribution in [0, 0.1) is 5.92 Å². The van der Waals surface area contributed by atoms with E-state index in [-0.39, 0.29) is 18.4 Å². The van der Waals surface area contributed by atoms with Crippen LogP contribution in [-0.4, -0.2) is 35.9 Å². The van der Waals surface area contributed by atoms with E-state index in [1.54, 1.807) is 4.90 Å². The summed E-state index contributed by atoms with van der Waals surface area (Å²) >= 11 is 3.47. The first-order valence-electron chi connectivity index (χ1n) is 12.8. The molecule has 6 heteroatoms. The highest BCUT2D eigenvalue weighted by Crippen LogP contribution is 2.20. The Labute approximate surface area is 229 Å². The van der Waals surface area contributed by atoms with Crippen LogP contribution in [0.1, 0.15) is 50.3 Å². The predicted molar refractivity (Wildman–Crippen MR) is 152 cm³/mol. The summed E-state index contributed by atoms with van der Waals surface area (Å²) in [4.78, 5) is 28.8. The second kappa shape index (κ2) is 14.0. The first-order chi connectivity index (χ1) is 17.7. The van der Waals surface area contributed by atoms with E-state index in [9.17, 15) is 9.59 Å². The molecule has 0 fully saturated rings. The highest BCUT2D eigenvalue weighted by molar-refractivity contribution is 9.10. The Morgan fingerprint density at radius 2 is 1.51 bits per heavy atom. The number of nitrogens with zero attached hydrogens (tertiary/aromatic N) is 1. The number of halogens is 1. The number of hydrogen-bond donors (Lipinski definition) is 1. The first-order valence-corrected chi connectivity index (χ1v) is 13.6. The molecule has 5 nitrogen and oxygen atoms in total. The SMILES string of the molecule is CC(C)CNC(=O)[C@@H](Cc1ccccc1)N(Cc1ccc(Br)cc1)C(=O)COc1ccc(C(C)C)cc1. The Kier molecular flexibility index (Phi) is 10.8. The highest BCUT2D eigenvalue weighted by Gasteiger charge is 2.30. The van der Waals surface area contributed by atoms with E-state index in [1.807, 2.05) is 78.9 Å². The predicted octanol–water partition coefficient (Wildman–Crippen LogP) is 6.36. The van der Waals surface area contributed by atoms with Crippen LogP contribution < -0.4 is 10.1 Å². The molecule has 0 radical (unpaired) electrons. The van der Waals surface area contributed by atoms with Crippen molar-refractivity contribution in [1.29, 1.82) is 0 Å². The van der Waals surface area contributed by atoms with Gasteiger partial charge in [-0.25, -0.2) is 0 Å². The minimum absolute atomic E-state index is 0.152. The Balaban J connectivity index is 1.86. The van der Waals surface area contributed by atoms with E-state index < -0.39 is 6.04 Å². The Hall–Kier alpha value is -3.12. The summed E-state index contributed by atoms with van der Waals surface area (Å²) in [5.74, 6) is 0.945. The summed E-state index contributed by atoms with van der Waals surface area (Å²) in [5, 5.41) is 3.04. The van der Waals surface area contributed by atoms with Gasteiger partial charge in [-0.1, -0.05) is 98.2 Å². The minimum Gasteiger partial charge on any atom is -0.484 e. The summed E-state index contributed by atoms with van der Waals surface area (Å²) in [5.41, 5.74) is 3.14. The fraction of sp³-hybridized carbons (Fsp3) is 0.355. The molecule has 1 N–H and O–H groups in total. The number of nitrogens with one attached hydrogen (secondary N) is 1. The van der Waals surface area contributed by atoms with Crippen molar-refractivity contribution in [2.45, 2.75) is 52.6 Å². The molecule has 2 amide bonds. The van der Waals surface area contributed by atoms with Crippen molar-refractivity contribution in [2.75, 3.05) is 13.2 Å². The topological polar surface area (TPSA) is 58.6 Å². The number of benzene rings is 3. The molecule has 1 atom stereocenters. The van der Waals surface area contributed by atoms with Gasteiger partial charge in [0.25, 0.3) is 5.91 Å². The molecule has 3 rings (SSSR count). The second-order valence-corrected chi connectivity index (χ2v) is 10.9. The third-order valence-corrected chi connectivity index (χ3v) is 6.66. The van der Waals surface area contributed by atoms with Gasteiger partial charge >= 0.3 is 0 Å². The summed E-state index contributed by atoms with van der Waals surface area (Å²) < 4.78 is 6.84. The Morgan fingerprint density at radius 1 is 0.865 bits per heavy atom. The molecule has 0 aromatic heterocycles. The van der Waals surface area contributed by atoms with Gasteiger partial charge in [-0.3, -0.25) is 9.59 Å². The third-order valence-electron chi connectivity index (χ3n) is 6.13. The van der Waals surface area contributed by atoms with E-state index in [4.69, 9.17) is 4.74 Å². The molecule has 0 aliphatic rings. The molecular formula is C31H37BrN2O3. The van der Waals surface area contributed by atoms with Crippen LogP contribution in [0.15, 0.2) is 83.3 Å². The van der Waals surface area contributed by atoms with E-state index in [1.165, 1.54) is 5.56 Å². The lowest BCUT2D eigenvalue weighted by Gasteiger charge is -2.31. The fourth-order valence-electron chi connectivity index (χ4n) is 3.94. The number of carbonyl (C=O) groups is 2. The maximum absolute atomic E-state index is 13.6. The summed E-state index contributed by atoms with van der Waals surface area (Å²) in [7, 11) is 0. The summed E-state index contributed by atoms with van der Waals surface area (Å²) in [6.45, 7) is 9.07. The molecule has 0 bridgehead atoms. The minimum atomic E-state index is -0.677. The third kappa shape index (κ3) is 9.04. The number of hydrogen-bond acceptors (Lipinski definition) is 3. The monoisotopic (exact) mass is 564 g/mol. The van der Waals surface area contributed by atoms with E-state index in [2.05, 4.69) is 48.9 Å². The van der Waals surface area contributed by atoms with Crippen molar-refractivity contribution >= 4 is 27.7 Å². The largest absolute Gasteiger partial charge is 0.484 e. The second-order valence-electron chi connectivity index (χ2n) is 10.0. The maximum atomic E-state index is 13.6. The van der Waals surface area contributed by atoms with Gasteiger partial charge in [-0.05, 0) is 52.8 Å². The van der Waals surface area contributed by atoms with Crippen molar-refractivity contribution in [2.24, 2.45) is 5.92 Å². The first kappa shape index (κ1) is 28.5. The van der Waals surface area contributed by atoms with Crippen LogP contribution in [0.3, 0.4) is 0 Å². The average molecular weight is 566 g/mol. The molecule has 0 aliphatic heterocycles. The molecule has 0 saturated heterocycles. The molecule has 3 aromatic rings. The normalized spacial score (nSPS) is 11.9. The molecule has 0 unspecified atom stereocenters. The molecule has 196 valence electrons. The van der Waals surface area contributed by atoms with Crippen LogP contribution in [0.4, 0.5) is 0 Å². The summed E-state index contributed by atoms with van der Waals surface area (Å²) in [6.07, 6.45) is 0.413. The molecule has 0 heterocycles. The fourth-order valence-corrected chi connectivity index (χ4v) is 4.20. The molecule has 0 aliphatic carbocycles. The highest BCUT2D eigenvalue weighted by atomic mass is 79.9. The van der Waals surface area contributed by atoms with Crippen molar-refractivity contribution in [1.82, 2.24) is 10.2 Å². The molecular weight excluding hydrogens is 528 g/mol. The van der Waals surface area contributed by atoms with Crippen LogP contribution in [0.25, 0.3) is 0 Å². The van der Waals surface area contributed by atoms with Crippen LogP contribution in [0.2, 0.25) is 0 Å². The molecule has 3 aromatic carbocycles. The molecule has 0 spiro atoms. The zero-order valence-electron chi connectivity index (χ0n) is 22.1. The van der Waals surface area contributed by atoms with E-state index in [0.29, 0.717) is 37.1 Å². The van der Waals surface area contributed by atoms with Crippen molar-refractivity contribution in [3.05, 3.63) is 100 Å². The van der Waals surface area contributed by atoms with Crippen LogP contribution in [-0.2, 0) is 22.6 Å². The molecule has 37 heavy (non-hydrogen) atoms. The molecule has 0 saturated carbocycles. The van der Waals surface area contributed by atoms with Gasteiger partial charge in [0.15, 0.2) is 6.61 Å². The number of amides is 2. The van der Waals surface area contributed by atoms with E-state index in [0.717, 1.165) is 15.6 Å². The smallest absolute Gasteiger partial charge is 0.261 e. The van der Waals surface area contributed by atoms with Crippen LogP contribution >= 0.6 is 15.9 Å². The number of carbonyl (C=O) groups excluding carboxylic acids is 2. The number of rotatable bonds is 12. The van der Waals surface area contributed by atoms with Gasteiger partial charge in [0.05, 0.1) is 0 Å². The van der Waals surface area contributed by atoms with Gasteiger partial charge in [-0.15, -0.1) is 0 Å². The van der Waals surface area contributed by atoms with Gasteiger partial charge in [0.2, 0.25) is 5.91 Å². The standard InChI is InChI=1S/C31H37BrN2O3/c1-22(2)19-33-31(36)29(18-24-8-6-5-7-9-24)34(20-25-10-14-27(32)15-11-25)30(35)21-37-28-16-12-26(13-17-28)23(3)4/h5-17,22-23,29H,18-21H2,1-4H3,(H,33,36)/t29-/m1/s1. The zero-order valence-corrected chi connectivity index (χ0v) is 23.7. The van der Waals surface area contributed by atoms with Gasteiger partial charge in [0.1, 0.15) is 11.8 Å². The zero-order chi connectivity index (χ0) is 26.8. The Bertz CT molecular complexity index is 1130.